The first-order valence-electron chi connectivity index (χ1n) is 19.8. The molecule has 6 aliphatic rings. The Balaban J connectivity index is 1.09. The third kappa shape index (κ3) is 4.32. The summed E-state index contributed by atoms with van der Waals surface area (Å²) in [6.07, 6.45) is 22.5. The molecule has 0 N–H and O–H groups in total. The minimum absolute atomic E-state index is 0.148. The van der Waals surface area contributed by atoms with Crippen LogP contribution in [0.25, 0.3) is 38.5 Å². The number of rotatable bonds is 3. The summed E-state index contributed by atoms with van der Waals surface area (Å²) < 4.78 is 9.58. The smallest absolute Gasteiger partial charge is 0.139 e. The molecule has 3 heterocycles. The average molecular weight is 709 g/mol. The van der Waals surface area contributed by atoms with Crippen molar-refractivity contribution >= 4 is 49.9 Å². The molecule has 5 unspecified atom stereocenters. The summed E-state index contributed by atoms with van der Waals surface area (Å²) in [5.74, 6) is 1.64. The average Bonchev–Trinajstić information content (AvgIpc) is 3.86. The quantitative estimate of drug-likeness (QED) is 0.182. The van der Waals surface area contributed by atoms with Crippen LogP contribution in [-0.4, -0.2) is 10.6 Å². The van der Waals surface area contributed by atoms with E-state index in [4.69, 9.17) is 4.74 Å². The standard InChI is InChI=1S/C52H40N2O/c1-32-27-37(30-42-40-17-7-10-20-45(40)53(49(32)42)38-25-23-33-13-3-5-15-35(33)28-38)43-31-52(2)44-19-9-12-22-47(44)55-51(52)48-41-18-8-11-21-46(41)54(50(43)48)39-26-24-34-14-4-6-16-36(34)29-39/h3-13,15-32,34,49,51H,14H2,1-2H3. The molecule has 2 aliphatic heterocycles. The van der Waals surface area contributed by atoms with Crippen LogP contribution < -0.4 is 9.64 Å². The highest BCUT2D eigenvalue weighted by atomic mass is 16.5. The predicted octanol–water partition coefficient (Wildman–Crippen LogP) is 12.7. The van der Waals surface area contributed by atoms with Gasteiger partial charge in [-0.3, -0.25) is 0 Å². The number of nitrogens with zero attached hydrogens (tertiary/aromatic N) is 2. The summed E-state index contributed by atoms with van der Waals surface area (Å²) in [6, 6.07) is 42.4. The normalized spacial score (nSPS) is 25.4. The maximum absolute atomic E-state index is 7.04. The van der Waals surface area contributed by atoms with Crippen molar-refractivity contribution in [2.45, 2.75) is 37.8 Å². The summed E-state index contributed by atoms with van der Waals surface area (Å²) in [7, 11) is 0. The minimum Gasteiger partial charge on any atom is -0.484 e. The zero-order chi connectivity index (χ0) is 36.4. The number of fused-ring (bicyclic) bond motifs is 12. The number of hydrogen-bond donors (Lipinski definition) is 0. The molecule has 264 valence electrons. The van der Waals surface area contributed by atoms with Crippen molar-refractivity contribution in [2.24, 2.45) is 11.8 Å². The molecule has 5 atom stereocenters. The van der Waals surface area contributed by atoms with Crippen LogP contribution in [0.3, 0.4) is 0 Å². The van der Waals surface area contributed by atoms with Gasteiger partial charge in [0, 0.05) is 50.6 Å². The molecule has 0 fully saturated rings. The van der Waals surface area contributed by atoms with E-state index in [1.54, 1.807) is 0 Å². The lowest BCUT2D eigenvalue weighted by molar-refractivity contribution is 0.183. The fourth-order valence-corrected chi connectivity index (χ4v) is 10.6. The van der Waals surface area contributed by atoms with Crippen LogP contribution in [0.15, 0.2) is 181 Å². The second-order valence-corrected chi connectivity index (χ2v) is 16.3. The van der Waals surface area contributed by atoms with Crippen molar-refractivity contribution in [1.82, 2.24) is 4.57 Å². The van der Waals surface area contributed by atoms with Crippen LogP contribution in [0.1, 0.15) is 48.8 Å². The van der Waals surface area contributed by atoms with Gasteiger partial charge in [-0.2, -0.15) is 0 Å². The lowest BCUT2D eigenvalue weighted by Crippen LogP contribution is -2.34. The molecule has 0 bridgehead atoms. The SMILES string of the molecule is CC1C=C(C2=CC3(C)c4ccccc4OC3c3c2n(C2=CC4=CC=CCC4C=C2)c2ccccc32)C=C2c3ccccc3N(c3ccc4ccccc4c3)C21. The van der Waals surface area contributed by atoms with Crippen molar-refractivity contribution < 1.29 is 4.74 Å². The number of para-hydroxylation sites is 3. The fraction of sp³-hybridized carbons (Fsp3) is 0.154. The van der Waals surface area contributed by atoms with Gasteiger partial charge in [0.15, 0.2) is 0 Å². The second-order valence-electron chi connectivity index (χ2n) is 16.3. The molecule has 55 heavy (non-hydrogen) atoms. The lowest BCUT2D eigenvalue weighted by Gasteiger charge is -2.37. The van der Waals surface area contributed by atoms with Crippen LogP contribution in [0, 0.1) is 11.8 Å². The van der Waals surface area contributed by atoms with Gasteiger partial charge in [0.2, 0.25) is 0 Å². The van der Waals surface area contributed by atoms with Crippen LogP contribution in [0.2, 0.25) is 0 Å². The highest BCUT2D eigenvalue weighted by Crippen LogP contribution is 2.60. The van der Waals surface area contributed by atoms with E-state index in [0.29, 0.717) is 5.92 Å². The van der Waals surface area contributed by atoms with E-state index in [-0.39, 0.29) is 23.5 Å². The Morgan fingerprint density at radius 1 is 0.818 bits per heavy atom. The number of ether oxygens (including phenoxy) is 1. The van der Waals surface area contributed by atoms with Gasteiger partial charge in [-0.25, -0.2) is 0 Å². The van der Waals surface area contributed by atoms with Gasteiger partial charge in [-0.1, -0.05) is 128 Å². The Bertz CT molecular complexity index is 2890. The van der Waals surface area contributed by atoms with Gasteiger partial charge in [-0.05, 0) is 95.3 Å². The zero-order valence-electron chi connectivity index (χ0n) is 31.0. The number of allylic oxidation sites excluding steroid dienone is 11. The minimum atomic E-state index is -0.351. The monoisotopic (exact) mass is 708 g/mol. The van der Waals surface area contributed by atoms with E-state index in [2.05, 4.69) is 193 Å². The first kappa shape index (κ1) is 31.1. The van der Waals surface area contributed by atoms with E-state index in [0.717, 1.165) is 12.2 Å². The largest absolute Gasteiger partial charge is 0.484 e. The molecule has 0 spiro atoms. The van der Waals surface area contributed by atoms with Crippen molar-refractivity contribution in [3.05, 3.63) is 203 Å². The number of anilines is 2. The van der Waals surface area contributed by atoms with E-state index < -0.39 is 0 Å². The molecule has 4 aliphatic carbocycles. The third-order valence-electron chi connectivity index (χ3n) is 13.1. The first-order valence-corrected chi connectivity index (χ1v) is 19.8. The zero-order valence-corrected chi connectivity index (χ0v) is 31.0. The Morgan fingerprint density at radius 3 is 2.58 bits per heavy atom. The van der Waals surface area contributed by atoms with Crippen LogP contribution in [0.4, 0.5) is 11.4 Å². The maximum atomic E-state index is 7.04. The van der Waals surface area contributed by atoms with Crippen molar-refractivity contribution in [2.75, 3.05) is 4.90 Å². The van der Waals surface area contributed by atoms with Gasteiger partial charge in [0.25, 0.3) is 0 Å². The van der Waals surface area contributed by atoms with Crippen molar-refractivity contribution in [3.63, 3.8) is 0 Å². The van der Waals surface area contributed by atoms with E-state index >= 15 is 0 Å². The van der Waals surface area contributed by atoms with Crippen molar-refractivity contribution in [1.29, 1.82) is 0 Å². The Hall–Kier alpha value is -6.32. The van der Waals surface area contributed by atoms with Gasteiger partial charge in [0.1, 0.15) is 11.9 Å². The lowest BCUT2D eigenvalue weighted by atomic mass is 9.69. The van der Waals surface area contributed by atoms with Crippen molar-refractivity contribution in [3.8, 4) is 5.75 Å². The predicted molar refractivity (Wildman–Crippen MR) is 227 cm³/mol. The second kappa shape index (κ2) is 11.3. The number of aromatic nitrogens is 1. The summed E-state index contributed by atoms with van der Waals surface area (Å²) in [4.78, 5) is 2.59. The molecule has 0 amide bonds. The molecular weight excluding hydrogens is 669 g/mol. The first-order chi connectivity index (χ1) is 27.0. The summed E-state index contributed by atoms with van der Waals surface area (Å²) in [5, 5.41) is 3.79. The van der Waals surface area contributed by atoms with Crippen LogP contribution in [0.5, 0.6) is 5.75 Å². The highest BCUT2D eigenvalue weighted by molar-refractivity contribution is 6.03. The van der Waals surface area contributed by atoms with Crippen LogP contribution >= 0.6 is 0 Å². The fourth-order valence-electron chi connectivity index (χ4n) is 10.6. The topological polar surface area (TPSA) is 17.4 Å². The van der Waals surface area contributed by atoms with Gasteiger partial charge in [0.05, 0.1) is 22.7 Å². The molecule has 3 heteroatoms. The molecule has 3 nitrogen and oxygen atoms in total. The number of benzene rings is 5. The Kier molecular flexibility index (Phi) is 6.41. The van der Waals surface area contributed by atoms with E-state index in [9.17, 15) is 0 Å². The molecular formula is C52H40N2O. The van der Waals surface area contributed by atoms with E-state index in [1.807, 2.05) is 0 Å². The highest BCUT2D eigenvalue weighted by Gasteiger charge is 2.51. The molecule has 1 aromatic heterocycles. The molecule has 0 radical (unpaired) electrons. The summed E-state index contributed by atoms with van der Waals surface area (Å²) in [6.45, 7) is 4.79. The summed E-state index contributed by atoms with van der Waals surface area (Å²) >= 11 is 0. The van der Waals surface area contributed by atoms with Gasteiger partial charge >= 0.3 is 0 Å². The van der Waals surface area contributed by atoms with Gasteiger partial charge in [-0.15, -0.1) is 0 Å². The van der Waals surface area contributed by atoms with Crippen LogP contribution in [-0.2, 0) is 5.41 Å². The van der Waals surface area contributed by atoms with Gasteiger partial charge < -0.3 is 14.2 Å². The maximum Gasteiger partial charge on any atom is 0.139 e. The Morgan fingerprint density at radius 2 is 1.64 bits per heavy atom. The molecule has 5 aromatic carbocycles. The summed E-state index contributed by atoms with van der Waals surface area (Å²) in [5.41, 5.74) is 15.0. The van der Waals surface area contributed by atoms with E-state index in [1.165, 1.54) is 83.4 Å². The molecule has 0 saturated heterocycles. The molecule has 6 aromatic rings. The Labute approximate surface area is 321 Å². The number of hydrogen-bond acceptors (Lipinski definition) is 2. The third-order valence-corrected chi connectivity index (χ3v) is 13.1. The molecule has 12 rings (SSSR count). The molecule has 0 saturated carbocycles.